The number of aromatic amines is 1. The number of methoxy groups -OCH3 is 1. The van der Waals surface area contributed by atoms with Crippen LogP contribution in [0.5, 0.6) is 5.88 Å². The number of nitrogens with zero attached hydrogens (tertiary/aromatic N) is 2. The lowest BCUT2D eigenvalue weighted by Gasteiger charge is -2.10. The van der Waals surface area contributed by atoms with E-state index in [1.54, 1.807) is 20.8 Å². The van der Waals surface area contributed by atoms with E-state index >= 15 is 0 Å². The smallest absolute Gasteiger partial charge is 0.350 e. The van der Waals surface area contributed by atoms with E-state index in [1.807, 2.05) is 0 Å². The van der Waals surface area contributed by atoms with Crippen molar-refractivity contribution in [1.82, 2.24) is 15.0 Å². The van der Waals surface area contributed by atoms with Crippen LogP contribution in [0.1, 0.15) is 29.2 Å². The number of amides is 1. The Labute approximate surface area is 157 Å². The van der Waals surface area contributed by atoms with Gasteiger partial charge in [-0.1, -0.05) is 23.1 Å². The van der Waals surface area contributed by atoms with Crippen LogP contribution in [0.25, 0.3) is 0 Å². The van der Waals surface area contributed by atoms with Crippen LogP contribution >= 0.6 is 23.1 Å². The molecule has 0 fully saturated rings. The van der Waals surface area contributed by atoms with E-state index < -0.39 is 11.2 Å². The van der Waals surface area contributed by atoms with Crippen molar-refractivity contribution in [3.8, 4) is 5.88 Å². The molecule has 0 aliphatic carbocycles. The number of ether oxygens (including phenoxy) is 2. The molecular weight excluding hydrogens is 380 g/mol. The first kappa shape index (κ1) is 19.9. The average molecular weight is 398 g/mol. The Balaban J connectivity index is 2.05. The monoisotopic (exact) mass is 398 g/mol. The number of hydrogen-bond donors (Lipinski definition) is 2. The first-order valence-corrected chi connectivity index (χ1v) is 9.31. The van der Waals surface area contributed by atoms with Gasteiger partial charge in [0, 0.05) is 0 Å². The van der Waals surface area contributed by atoms with Crippen LogP contribution in [0.2, 0.25) is 0 Å². The minimum atomic E-state index is -0.569. The van der Waals surface area contributed by atoms with Crippen LogP contribution < -0.4 is 15.6 Å². The zero-order valence-electron chi connectivity index (χ0n) is 14.6. The van der Waals surface area contributed by atoms with E-state index in [4.69, 9.17) is 9.47 Å². The van der Waals surface area contributed by atoms with Crippen LogP contribution in [0.15, 0.2) is 16.0 Å². The molecule has 0 spiro atoms. The number of rotatable bonds is 7. The number of nitrogens with one attached hydrogen (secondary N) is 2. The maximum atomic E-state index is 12.3. The molecule has 2 aromatic heterocycles. The fourth-order valence-corrected chi connectivity index (χ4v) is 3.50. The summed E-state index contributed by atoms with van der Waals surface area (Å²) in [5.41, 5.74) is 0.115. The van der Waals surface area contributed by atoms with Crippen LogP contribution in [0, 0.1) is 6.92 Å². The minimum absolute atomic E-state index is 0.165. The summed E-state index contributed by atoms with van der Waals surface area (Å²) in [5.74, 6) is -0.647. The summed E-state index contributed by atoms with van der Waals surface area (Å²) in [6, 6.07) is 1.21. The van der Waals surface area contributed by atoms with Crippen molar-refractivity contribution >= 4 is 40.1 Å². The SMILES string of the molecule is CCOC(=O)c1sc(NC(=O)C(C)Sc2nc(OC)cc(=O)[nH]2)nc1C. The number of H-pyrrole nitrogens is 1. The molecule has 0 aliphatic heterocycles. The van der Waals surface area contributed by atoms with Gasteiger partial charge >= 0.3 is 5.97 Å². The molecule has 2 N–H and O–H groups in total. The van der Waals surface area contributed by atoms with Crippen molar-refractivity contribution in [3.05, 3.63) is 27.0 Å². The van der Waals surface area contributed by atoms with Crippen molar-refractivity contribution in [1.29, 1.82) is 0 Å². The summed E-state index contributed by atoms with van der Waals surface area (Å²) < 4.78 is 9.88. The van der Waals surface area contributed by atoms with Gasteiger partial charge in [0.25, 0.3) is 5.56 Å². The van der Waals surface area contributed by atoms with Crippen LogP contribution in [0.3, 0.4) is 0 Å². The number of aromatic nitrogens is 3. The Morgan fingerprint density at radius 1 is 1.42 bits per heavy atom. The van der Waals surface area contributed by atoms with Gasteiger partial charge in [0.2, 0.25) is 11.8 Å². The summed E-state index contributed by atoms with van der Waals surface area (Å²) in [5, 5.41) is 2.65. The summed E-state index contributed by atoms with van der Waals surface area (Å²) in [4.78, 5) is 46.8. The largest absolute Gasteiger partial charge is 0.481 e. The van der Waals surface area contributed by atoms with E-state index in [2.05, 4.69) is 20.3 Å². The van der Waals surface area contributed by atoms with Crippen LogP contribution in [-0.4, -0.2) is 45.8 Å². The molecular formula is C15H18N4O5S2. The molecule has 0 aromatic carbocycles. The lowest BCUT2D eigenvalue weighted by atomic mass is 10.4. The van der Waals surface area contributed by atoms with Gasteiger partial charge in [-0.2, -0.15) is 4.98 Å². The fourth-order valence-electron chi connectivity index (χ4n) is 1.84. The Bertz CT molecular complexity index is 864. The quantitative estimate of drug-likeness (QED) is 0.411. The number of carbonyl (C=O) groups is 2. The molecule has 2 aromatic rings. The number of thiazole rings is 1. The predicted molar refractivity (Wildman–Crippen MR) is 98.2 cm³/mol. The zero-order chi connectivity index (χ0) is 19.3. The molecule has 140 valence electrons. The topological polar surface area (TPSA) is 123 Å². The molecule has 1 amide bonds. The van der Waals surface area contributed by atoms with Gasteiger partial charge < -0.3 is 19.8 Å². The highest BCUT2D eigenvalue weighted by molar-refractivity contribution is 8.00. The van der Waals surface area contributed by atoms with Crippen molar-refractivity contribution in [2.24, 2.45) is 0 Å². The number of hydrogen-bond acceptors (Lipinski definition) is 9. The number of thioether (sulfide) groups is 1. The molecule has 1 atom stereocenters. The van der Waals surface area contributed by atoms with Gasteiger partial charge in [0.1, 0.15) is 4.88 Å². The zero-order valence-corrected chi connectivity index (χ0v) is 16.2. The van der Waals surface area contributed by atoms with Crippen LogP contribution in [-0.2, 0) is 9.53 Å². The number of carbonyl (C=O) groups excluding carboxylic acids is 2. The van der Waals surface area contributed by atoms with Gasteiger partial charge in [-0.05, 0) is 20.8 Å². The second-order valence-electron chi connectivity index (χ2n) is 5.00. The van der Waals surface area contributed by atoms with Gasteiger partial charge in [-0.15, -0.1) is 0 Å². The van der Waals surface area contributed by atoms with Gasteiger partial charge in [0.05, 0.1) is 30.7 Å². The third kappa shape index (κ3) is 5.05. The lowest BCUT2D eigenvalue weighted by Crippen LogP contribution is -2.23. The molecule has 0 aliphatic rings. The lowest BCUT2D eigenvalue weighted by molar-refractivity contribution is -0.115. The Hall–Kier alpha value is -2.40. The molecule has 0 saturated heterocycles. The maximum Gasteiger partial charge on any atom is 0.350 e. The predicted octanol–water partition coefficient (Wildman–Crippen LogP) is 1.84. The second kappa shape index (κ2) is 8.81. The van der Waals surface area contributed by atoms with Crippen molar-refractivity contribution in [2.75, 3.05) is 19.0 Å². The minimum Gasteiger partial charge on any atom is -0.481 e. The summed E-state index contributed by atoms with van der Waals surface area (Å²) in [7, 11) is 1.40. The fraction of sp³-hybridized carbons (Fsp3) is 0.400. The van der Waals surface area contributed by atoms with E-state index in [9.17, 15) is 14.4 Å². The number of anilines is 1. The number of esters is 1. The third-order valence-electron chi connectivity index (χ3n) is 3.05. The molecule has 11 heteroatoms. The Morgan fingerprint density at radius 3 is 2.81 bits per heavy atom. The number of aryl methyl sites for hydroxylation is 1. The molecule has 0 saturated carbocycles. The second-order valence-corrected chi connectivity index (χ2v) is 7.32. The summed E-state index contributed by atoms with van der Waals surface area (Å²) in [6.45, 7) is 5.30. The first-order valence-electron chi connectivity index (χ1n) is 7.61. The Kier molecular flexibility index (Phi) is 6.75. The Morgan fingerprint density at radius 2 is 2.15 bits per heavy atom. The molecule has 2 heterocycles. The van der Waals surface area contributed by atoms with Crippen molar-refractivity contribution < 1.29 is 19.1 Å². The van der Waals surface area contributed by atoms with E-state index in [0.717, 1.165) is 23.1 Å². The highest BCUT2D eigenvalue weighted by Crippen LogP contribution is 2.25. The van der Waals surface area contributed by atoms with E-state index in [1.165, 1.54) is 13.2 Å². The van der Waals surface area contributed by atoms with Gasteiger partial charge in [-0.3, -0.25) is 9.59 Å². The molecule has 0 bridgehead atoms. The highest BCUT2D eigenvalue weighted by Gasteiger charge is 2.21. The molecule has 1 unspecified atom stereocenters. The van der Waals surface area contributed by atoms with Gasteiger partial charge in [-0.25, -0.2) is 9.78 Å². The van der Waals surface area contributed by atoms with E-state index in [0.29, 0.717) is 15.7 Å². The molecule has 2 rings (SSSR count). The maximum absolute atomic E-state index is 12.3. The third-order valence-corrected chi connectivity index (χ3v) is 5.09. The van der Waals surface area contributed by atoms with Crippen LogP contribution in [0.4, 0.5) is 5.13 Å². The average Bonchev–Trinajstić information content (AvgIpc) is 2.94. The highest BCUT2D eigenvalue weighted by atomic mass is 32.2. The molecule has 9 nitrogen and oxygen atoms in total. The summed E-state index contributed by atoms with van der Waals surface area (Å²) in [6.07, 6.45) is 0. The first-order chi connectivity index (χ1) is 12.3. The normalized spacial score (nSPS) is 11.7. The molecule has 26 heavy (non-hydrogen) atoms. The van der Waals surface area contributed by atoms with E-state index in [-0.39, 0.29) is 29.1 Å². The van der Waals surface area contributed by atoms with Gasteiger partial charge in [0.15, 0.2) is 10.3 Å². The van der Waals surface area contributed by atoms with Crippen molar-refractivity contribution in [2.45, 2.75) is 31.2 Å². The summed E-state index contributed by atoms with van der Waals surface area (Å²) >= 11 is 2.11. The standard InChI is InChI=1S/C15H18N4O5S2/c1-5-24-13(22)11-7(2)16-14(26-11)19-12(21)8(3)25-15-17-9(20)6-10(18-15)23-4/h6,8H,5H2,1-4H3,(H,16,19,21)(H,17,18,20). The molecule has 0 radical (unpaired) electrons. The van der Waals surface area contributed by atoms with Crippen molar-refractivity contribution in [3.63, 3.8) is 0 Å².